The predicted molar refractivity (Wildman–Crippen MR) is 106 cm³/mol. The molecule has 1 heterocycles. The molecule has 0 spiro atoms. The van der Waals surface area contributed by atoms with Gasteiger partial charge >= 0.3 is 0 Å². The number of sulfone groups is 1. The molecule has 0 saturated carbocycles. The molecule has 28 heavy (non-hydrogen) atoms. The number of aromatic nitrogens is 1. The molecule has 146 valence electrons. The van der Waals surface area contributed by atoms with Crippen molar-refractivity contribution in [2.75, 3.05) is 24.8 Å². The summed E-state index contributed by atoms with van der Waals surface area (Å²) in [5.41, 5.74) is 3.11. The average molecular weight is 420 g/mol. The summed E-state index contributed by atoms with van der Waals surface area (Å²) in [5, 5.41) is 3.29. The minimum atomic E-state index is -3.46. The van der Waals surface area contributed by atoms with E-state index >= 15 is 0 Å². The molecule has 0 bridgehead atoms. The van der Waals surface area contributed by atoms with E-state index in [1.165, 1.54) is 54.8 Å². The first-order chi connectivity index (χ1) is 13.4. The van der Waals surface area contributed by atoms with E-state index in [2.05, 4.69) is 10.3 Å². The smallest absolute Gasteiger partial charge is 0.256 e. The largest absolute Gasteiger partial charge is 0.384 e. The lowest BCUT2D eigenvalue weighted by Crippen LogP contribution is -2.14. The summed E-state index contributed by atoms with van der Waals surface area (Å²) >= 11 is 1.24. The minimum Gasteiger partial charge on any atom is -0.384 e. The van der Waals surface area contributed by atoms with E-state index in [0.717, 1.165) is 0 Å². The van der Waals surface area contributed by atoms with Gasteiger partial charge in [0.15, 0.2) is 9.84 Å². The van der Waals surface area contributed by atoms with Crippen molar-refractivity contribution in [1.29, 1.82) is 0 Å². The standard InChI is InChI=1S/C19H17FN2O4S2/c1-26-10-11-28(24,25)16-8-4-14(5-9-16)18(23)22-19-17(21-12-27-19)13-2-6-15(20)7-3-13/h2-9,12H,10-11H2,1H3,(H,22,23). The fraction of sp³-hybridized carbons (Fsp3) is 0.158. The number of thiazole rings is 1. The molecule has 0 aliphatic rings. The zero-order valence-electron chi connectivity index (χ0n) is 14.9. The van der Waals surface area contributed by atoms with Crippen molar-refractivity contribution in [3.05, 3.63) is 65.4 Å². The molecule has 0 aliphatic heterocycles. The van der Waals surface area contributed by atoms with Gasteiger partial charge in [0.25, 0.3) is 5.91 Å². The lowest BCUT2D eigenvalue weighted by atomic mass is 10.1. The second kappa shape index (κ2) is 8.59. The lowest BCUT2D eigenvalue weighted by molar-refractivity contribution is 0.102. The van der Waals surface area contributed by atoms with Gasteiger partial charge in [-0.15, -0.1) is 11.3 Å². The molecule has 3 rings (SSSR count). The van der Waals surface area contributed by atoms with Crippen LogP contribution in [-0.2, 0) is 14.6 Å². The van der Waals surface area contributed by atoms with Gasteiger partial charge in [0, 0.05) is 18.2 Å². The monoisotopic (exact) mass is 420 g/mol. The molecule has 3 aromatic rings. The van der Waals surface area contributed by atoms with Crippen LogP contribution in [0.2, 0.25) is 0 Å². The Hall–Kier alpha value is -2.62. The van der Waals surface area contributed by atoms with Gasteiger partial charge in [-0.05, 0) is 48.5 Å². The summed E-state index contributed by atoms with van der Waals surface area (Å²) in [4.78, 5) is 16.9. The highest BCUT2D eigenvalue weighted by molar-refractivity contribution is 7.91. The molecular formula is C19H17FN2O4S2. The number of benzene rings is 2. The highest BCUT2D eigenvalue weighted by atomic mass is 32.2. The van der Waals surface area contributed by atoms with Gasteiger partial charge in [-0.1, -0.05) is 0 Å². The van der Waals surface area contributed by atoms with Crippen molar-refractivity contribution in [3.63, 3.8) is 0 Å². The Balaban J connectivity index is 1.76. The first-order valence-electron chi connectivity index (χ1n) is 8.23. The van der Waals surface area contributed by atoms with E-state index in [4.69, 9.17) is 4.74 Å². The molecule has 1 amide bonds. The van der Waals surface area contributed by atoms with Crippen LogP contribution in [0.1, 0.15) is 10.4 Å². The summed E-state index contributed by atoms with van der Waals surface area (Å²) in [6.07, 6.45) is 0. The molecule has 1 aromatic heterocycles. The van der Waals surface area contributed by atoms with Crippen LogP contribution in [0.5, 0.6) is 0 Å². The summed E-state index contributed by atoms with van der Waals surface area (Å²) in [7, 11) is -2.02. The molecule has 0 unspecified atom stereocenters. The first-order valence-corrected chi connectivity index (χ1v) is 10.8. The number of nitrogens with one attached hydrogen (secondary N) is 1. The van der Waals surface area contributed by atoms with E-state index in [1.807, 2.05) is 0 Å². The Morgan fingerprint density at radius 1 is 1.14 bits per heavy atom. The van der Waals surface area contributed by atoms with Crippen molar-refractivity contribution >= 4 is 32.1 Å². The third-order valence-corrected chi connectivity index (χ3v) is 6.38. The minimum absolute atomic E-state index is 0.0993. The second-order valence-electron chi connectivity index (χ2n) is 5.83. The second-order valence-corrected chi connectivity index (χ2v) is 8.79. The van der Waals surface area contributed by atoms with Crippen LogP contribution < -0.4 is 5.32 Å². The topological polar surface area (TPSA) is 85.4 Å². The summed E-state index contributed by atoms with van der Waals surface area (Å²) in [6.45, 7) is 0.0993. The van der Waals surface area contributed by atoms with Gasteiger partial charge in [0.2, 0.25) is 0 Å². The van der Waals surface area contributed by atoms with Gasteiger partial charge in [0.1, 0.15) is 16.5 Å². The maximum absolute atomic E-state index is 13.1. The van der Waals surface area contributed by atoms with E-state index in [9.17, 15) is 17.6 Å². The van der Waals surface area contributed by atoms with Crippen molar-refractivity contribution in [2.45, 2.75) is 4.90 Å². The number of methoxy groups -OCH3 is 1. The van der Waals surface area contributed by atoms with Crippen LogP contribution in [0.25, 0.3) is 11.3 Å². The number of halogens is 1. The fourth-order valence-corrected chi connectivity index (χ4v) is 4.32. The van der Waals surface area contributed by atoms with Crippen LogP contribution in [0.15, 0.2) is 58.9 Å². The molecule has 2 aromatic carbocycles. The van der Waals surface area contributed by atoms with Crippen molar-refractivity contribution < 1.29 is 22.3 Å². The normalized spacial score (nSPS) is 11.4. The van der Waals surface area contributed by atoms with Gasteiger partial charge in [-0.3, -0.25) is 4.79 Å². The highest BCUT2D eigenvalue weighted by Gasteiger charge is 2.17. The number of ether oxygens (including phenoxy) is 1. The molecule has 0 radical (unpaired) electrons. The Kier molecular flexibility index (Phi) is 6.18. The molecule has 9 heteroatoms. The number of hydrogen-bond donors (Lipinski definition) is 1. The van der Waals surface area contributed by atoms with Crippen LogP contribution in [-0.4, -0.2) is 38.8 Å². The zero-order chi connectivity index (χ0) is 20.1. The Labute approximate surface area is 165 Å². The van der Waals surface area contributed by atoms with Crippen LogP contribution in [0, 0.1) is 5.82 Å². The number of rotatable bonds is 7. The molecule has 0 atom stereocenters. The number of carbonyl (C=O) groups is 1. The Morgan fingerprint density at radius 3 is 2.46 bits per heavy atom. The predicted octanol–water partition coefficient (Wildman–Crippen LogP) is 3.62. The van der Waals surface area contributed by atoms with E-state index in [-0.39, 0.29) is 23.1 Å². The number of anilines is 1. The van der Waals surface area contributed by atoms with E-state index in [0.29, 0.717) is 21.8 Å². The SMILES string of the molecule is COCCS(=O)(=O)c1ccc(C(=O)Nc2scnc2-c2ccc(F)cc2)cc1. The zero-order valence-corrected chi connectivity index (χ0v) is 16.5. The van der Waals surface area contributed by atoms with Crippen LogP contribution in [0.3, 0.4) is 0 Å². The molecule has 6 nitrogen and oxygen atoms in total. The summed E-state index contributed by atoms with van der Waals surface area (Å²) in [6, 6.07) is 11.5. The van der Waals surface area contributed by atoms with Crippen molar-refractivity contribution in [2.24, 2.45) is 0 Å². The maximum atomic E-state index is 13.1. The fourth-order valence-electron chi connectivity index (χ4n) is 2.45. The molecule has 0 saturated heterocycles. The van der Waals surface area contributed by atoms with E-state index < -0.39 is 15.7 Å². The number of nitrogens with zero attached hydrogens (tertiary/aromatic N) is 1. The van der Waals surface area contributed by atoms with Gasteiger partial charge < -0.3 is 10.1 Å². The third kappa shape index (κ3) is 4.61. The van der Waals surface area contributed by atoms with Gasteiger partial charge in [-0.2, -0.15) is 0 Å². The van der Waals surface area contributed by atoms with Gasteiger partial charge in [-0.25, -0.2) is 17.8 Å². The summed E-state index contributed by atoms with van der Waals surface area (Å²) in [5.74, 6) is -0.879. The van der Waals surface area contributed by atoms with Crippen molar-refractivity contribution in [3.8, 4) is 11.3 Å². The number of amides is 1. The average Bonchev–Trinajstić information content (AvgIpc) is 3.15. The number of hydrogen-bond acceptors (Lipinski definition) is 6. The Bertz CT molecular complexity index is 1060. The summed E-state index contributed by atoms with van der Waals surface area (Å²) < 4.78 is 42.2. The Morgan fingerprint density at radius 2 is 1.82 bits per heavy atom. The van der Waals surface area contributed by atoms with Crippen molar-refractivity contribution in [1.82, 2.24) is 4.98 Å². The highest BCUT2D eigenvalue weighted by Crippen LogP contribution is 2.31. The third-order valence-electron chi connectivity index (χ3n) is 3.94. The molecule has 0 fully saturated rings. The van der Waals surface area contributed by atoms with Crippen LogP contribution in [0.4, 0.5) is 9.39 Å². The first kappa shape index (κ1) is 20.1. The van der Waals surface area contributed by atoms with Gasteiger partial charge in [0.05, 0.1) is 22.8 Å². The maximum Gasteiger partial charge on any atom is 0.256 e. The molecule has 1 N–H and O–H groups in total. The quantitative estimate of drug-likeness (QED) is 0.631. The number of carbonyl (C=O) groups excluding carboxylic acids is 1. The van der Waals surface area contributed by atoms with Crippen LogP contribution >= 0.6 is 11.3 Å². The molecule has 0 aliphatic carbocycles. The lowest BCUT2D eigenvalue weighted by Gasteiger charge is -2.07. The van der Waals surface area contributed by atoms with E-state index in [1.54, 1.807) is 17.6 Å². The molecular weight excluding hydrogens is 403 g/mol.